The van der Waals surface area contributed by atoms with Crippen molar-refractivity contribution in [2.75, 3.05) is 45.7 Å². The summed E-state index contributed by atoms with van der Waals surface area (Å²) in [5.74, 6) is 2.85. The summed E-state index contributed by atoms with van der Waals surface area (Å²) in [5, 5.41) is 20.1. The molecule has 0 fully saturated rings. The highest BCUT2D eigenvalue weighted by Crippen LogP contribution is 2.44. The third-order valence-corrected chi connectivity index (χ3v) is 6.08. The Kier molecular flexibility index (Phi) is 7.83. The van der Waals surface area contributed by atoms with Crippen LogP contribution in [0.2, 0.25) is 0 Å². The van der Waals surface area contributed by atoms with Crippen LogP contribution in [-0.2, 0) is 11.2 Å². The summed E-state index contributed by atoms with van der Waals surface area (Å²) in [6.07, 6.45) is 1.01. The minimum atomic E-state index is -0.695. The van der Waals surface area contributed by atoms with E-state index < -0.39 is 6.04 Å². The average molecular weight is 510 g/mol. The van der Waals surface area contributed by atoms with E-state index in [1.54, 1.807) is 69.5 Å². The third-order valence-electron chi connectivity index (χ3n) is 6.08. The minimum absolute atomic E-state index is 0.0248. The first-order valence-electron chi connectivity index (χ1n) is 11.7. The molecule has 3 N–H and O–H groups in total. The number of amides is 1. The van der Waals surface area contributed by atoms with Crippen molar-refractivity contribution in [2.24, 2.45) is 0 Å². The number of rotatable bonds is 10. The predicted octanol–water partition coefficient (Wildman–Crippen LogP) is 3.17. The first-order chi connectivity index (χ1) is 17.9. The fourth-order valence-corrected chi connectivity index (χ4v) is 4.26. The highest BCUT2D eigenvalue weighted by Gasteiger charge is 2.36. The van der Waals surface area contributed by atoms with Crippen molar-refractivity contribution in [1.82, 2.24) is 14.8 Å². The Hall–Kier alpha value is -4.25. The van der Waals surface area contributed by atoms with E-state index in [1.165, 1.54) is 0 Å². The van der Waals surface area contributed by atoms with Gasteiger partial charge in [-0.15, -0.1) is 0 Å². The maximum atomic E-state index is 13.8. The molecule has 11 nitrogen and oxygen atoms in total. The summed E-state index contributed by atoms with van der Waals surface area (Å²) in [6, 6.07) is 9.88. The second-order valence-electron chi connectivity index (χ2n) is 8.32. The van der Waals surface area contributed by atoms with Crippen molar-refractivity contribution in [3.05, 3.63) is 59.1 Å². The van der Waals surface area contributed by atoms with Crippen LogP contribution in [0.25, 0.3) is 0 Å². The molecule has 37 heavy (non-hydrogen) atoms. The molecule has 11 heteroatoms. The van der Waals surface area contributed by atoms with Crippen LogP contribution in [0.3, 0.4) is 0 Å². The van der Waals surface area contributed by atoms with Crippen molar-refractivity contribution in [3.63, 3.8) is 0 Å². The van der Waals surface area contributed by atoms with Gasteiger partial charge in [0.25, 0.3) is 5.91 Å². The Morgan fingerprint density at radius 1 is 1.03 bits per heavy atom. The molecule has 0 saturated carbocycles. The highest BCUT2D eigenvalue weighted by molar-refractivity contribution is 6.06. The van der Waals surface area contributed by atoms with Gasteiger partial charge in [-0.05, 0) is 43.7 Å². The summed E-state index contributed by atoms with van der Waals surface area (Å²) >= 11 is 0. The van der Waals surface area contributed by atoms with E-state index in [1.807, 2.05) is 6.92 Å². The van der Waals surface area contributed by atoms with Crippen LogP contribution in [0.1, 0.15) is 30.8 Å². The van der Waals surface area contributed by atoms with E-state index in [-0.39, 0.29) is 12.5 Å². The lowest BCUT2D eigenvalue weighted by molar-refractivity contribution is -0.113. The molecular weight excluding hydrogens is 478 g/mol. The van der Waals surface area contributed by atoms with Crippen molar-refractivity contribution in [1.29, 1.82) is 0 Å². The van der Waals surface area contributed by atoms with Crippen LogP contribution in [-0.4, -0.2) is 60.8 Å². The van der Waals surface area contributed by atoms with Crippen molar-refractivity contribution < 1.29 is 28.8 Å². The van der Waals surface area contributed by atoms with Crippen LogP contribution in [0.15, 0.2) is 47.7 Å². The van der Waals surface area contributed by atoms with E-state index in [0.717, 1.165) is 0 Å². The second kappa shape index (κ2) is 11.2. The summed E-state index contributed by atoms with van der Waals surface area (Å²) in [5.41, 5.74) is 2.28. The number of benzene rings is 2. The van der Waals surface area contributed by atoms with Crippen molar-refractivity contribution in [3.8, 4) is 23.0 Å². The molecule has 0 bridgehead atoms. The number of hydrogen-bond donors (Lipinski definition) is 3. The summed E-state index contributed by atoms with van der Waals surface area (Å²) in [4.78, 5) is 18.3. The first-order valence-corrected chi connectivity index (χ1v) is 11.7. The number of methoxy groups -OCH3 is 4. The van der Waals surface area contributed by atoms with E-state index >= 15 is 0 Å². The number of anilines is 2. The van der Waals surface area contributed by atoms with Gasteiger partial charge in [0, 0.05) is 36.0 Å². The summed E-state index contributed by atoms with van der Waals surface area (Å²) in [6.45, 7) is 1.84. The predicted molar refractivity (Wildman–Crippen MR) is 138 cm³/mol. The number of aryl methyl sites for hydroxylation is 1. The quantitative estimate of drug-likeness (QED) is 0.377. The Bertz CT molecular complexity index is 1300. The zero-order valence-electron chi connectivity index (χ0n) is 21.5. The van der Waals surface area contributed by atoms with Gasteiger partial charge in [0.15, 0.2) is 17.3 Å². The minimum Gasteiger partial charge on any atom is -0.497 e. The van der Waals surface area contributed by atoms with Gasteiger partial charge in [-0.2, -0.15) is 10.1 Å². The molecule has 1 atom stereocenters. The monoisotopic (exact) mass is 509 g/mol. The maximum absolute atomic E-state index is 13.8. The van der Waals surface area contributed by atoms with Crippen LogP contribution >= 0.6 is 0 Å². The maximum Gasteiger partial charge on any atom is 0.255 e. The highest BCUT2D eigenvalue weighted by atomic mass is 16.5. The van der Waals surface area contributed by atoms with E-state index in [9.17, 15) is 9.90 Å². The molecule has 3 aromatic rings. The number of nitrogens with zero attached hydrogens (tertiary/aromatic N) is 3. The smallest absolute Gasteiger partial charge is 0.255 e. The summed E-state index contributed by atoms with van der Waals surface area (Å²) in [7, 11) is 6.22. The molecule has 2 aromatic carbocycles. The fraction of sp³-hybridized carbons (Fsp3) is 0.346. The standard InChI is InChI=1S/C26H31N5O6/c1-15-23(25(33)28-16-8-10-17(34-2)11-9-16)24(31-26(27-15)29-22(30-31)7-6-12-32)18-13-20(36-4)21(37-5)14-19(18)35-3/h8-11,13-14,24,32H,6-7,12H2,1-5H3,(H,28,33)(H,27,29,30). The average Bonchev–Trinajstić information content (AvgIpc) is 3.32. The fourth-order valence-electron chi connectivity index (χ4n) is 4.26. The van der Waals surface area contributed by atoms with Crippen LogP contribution in [0.4, 0.5) is 11.6 Å². The second-order valence-corrected chi connectivity index (χ2v) is 8.32. The molecule has 1 amide bonds. The van der Waals surface area contributed by atoms with Gasteiger partial charge >= 0.3 is 0 Å². The Morgan fingerprint density at radius 2 is 1.70 bits per heavy atom. The number of aliphatic hydroxyl groups is 1. The zero-order valence-corrected chi connectivity index (χ0v) is 21.5. The van der Waals surface area contributed by atoms with Gasteiger partial charge in [-0.3, -0.25) is 4.79 Å². The molecule has 1 aliphatic heterocycles. The number of allylic oxidation sites excluding steroid dienone is 1. The molecule has 0 radical (unpaired) electrons. The van der Waals surface area contributed by atoms with Gasteiger partial charge in [-0.25, -0.2) is 4.68 Å². The molecule has 1 aliphatic rings. The lowest BCUT2D eigenvalue weighted by Crippen LogP contribution is -2.31. The number of fused-ring (bicyclic) bond motifs is 1. The van der Waals surface area contributed by atoms with Gasteiger partial charge in [0.2, 0.25) is 5.95 Å². The number of ether oxygens (including phenoxy) is 4. The van der Waals surface area contributed by atoms with E-state index in [0.29, 0.717) is 70.1 Å². The van der Waals surface area contributed by atoms with Gasteiger partial charge < -0.3 is 34.7 Å². The number of nitrogens with one attached hydrogen (secondary N) is 2. The number of aromatic nitrogens is 3. The molecule has 0 saturated heterocycles. The van der Waals surface area contributed by atoms with E-state index in [4.69, 9.17) is 24.0 Å². The van der Waals surface area contributed by atoms with Crippen LogP contribution < -0.4 is 29.6 Å². The molecule has 0 aliphatic carbocycles. The molecule has 1 aromatic heterocycles. The summed E-state index contributed by atoms with van der Waals surface area (Å²) < 4.78 is 23.6. The van der Waals surface area contributed by atoms with Crippen molar-refractivity contribution in [2.45, 2.75) is 25.8 Å². The Labute approximate surface area is 215 Å². The molecule has 196 valence electrons. The molecule has 2 heterocycles. The van der Waals surface area contributed by atoms with E-state index in [2.05, 4.69) is 15.6 Å². The lowest BCUT2D eigenvalue weighted by Gasteiger charge is -2.30. The Morgan fingerprint density at radius 3 is 2.32 bits per heavy atom. The van der Waals surface area contributed by atoms with Gasteiger partial charge in [0.05, 0.1) is 34.0 Å². The SMILES string of the molecule is COc1ccc(NC(=O)C2=C(C)Nc3nc(CCCO)nn3C2c2cc(OC)c(OC)cc2OC)cc1. The van der Waals surface area contributed by atoms with Crippen molar-refractivity contribution >= 4 is 17.5 Å². The molecule has 1 unspecified atom stereocenters. The number of carbonyl (C=O) groups is 1. The third kappa shape index (κ3) is 5.17. The largest absolute Gasteiger partial charge is 0.497 e. The molecular formula is C26H31N5O6. The van der Waals surface area contributed by atoms with Crippen LogP contribution in [0.5, 0.6) is 23.0 Å². The van der Waals surface area contributed by atoms with Crippen LogP contribution in [0, 0.1) is 0 Å². The lowest BCUT2D eigenvalue weighted by atomic mass is 9.93. The number of aliphatic hydroxyl groups excluding tert-OH is 1. The topological polar surface area (TPSA) is 129 Å². The number of hydrogen-bond acceptors (Lipinski definition) is 9. The van der Waals surface area contributed by atoms with Gasteiger partial charge in [-0.1, -0.05) is 0 Å². The first kappa shape index (κ1) is 25.8. The Balaban J connectivity index is 1.84. The molecule has 4 rings (SSSR count). The van der Waals surface area contributed by atoms with Gasteiger partial charge in [0.1, 0.15) is 17.5 Å². The normalized spacial score (nSPS) is 14.5. The number of carbonyl (C=O) groups excluding carboxylic acids is 1. The molecule has 0 spiro atoms. The zero-order chi connectivity index (χ0) is 26.5.